The van der Waals surface area contributed by atoms with Gasteiger partial charge in [0.05, 0.1) is 5.52 Å². The van der Waals surface area contributed by atoms with Gasteiger partial charge in [0, 0.05) is 43.0 Å². The number of anilines is 1. The third kappa shape index (κ3) is 4.11. The number of likely N-dealkylation sites (tertiary alicyclic amines) is 1. The summed E-state index contributed by atoms with van der Waals surface area (Å²) in [7, 11) is 0. The molecule has 0 bridgehead atoms. The highest BCUT2D eigenvalue weighted by atomic mass is 32.1. The first-order chi connectivity index (χ1) is 13.6. The normalized spacial score (nSPS) is 16.8. The summed E-state index contributed by atoms with van der Waals surface area (Å²) in [5, 5.41) is 13.7. The van der Waals surface area contributed by atoms with Crippen LogP contribution >= 0.6 is 11.3 Å². The molecule has 0 aliphatic carbocycles. The van der Waals surface area contributed by atoms with Gasteiger partial charge >= 0.3 is 0 Å². The lowest BCUT2D eigenvalue weighted by Crippen LogP contribution is -2.24. The van der Waals surface area contributed by atoms with Crippen molar-refractivity contribution in [3.8, 4) is 11.8 Å². The number of hydrogen-bond donors (Lipinski definition) is 1. The number of thiazole rings is 1. The number of pyridine rings is 1. The molecule has 4 rings (SSSR count). The van der Waals surface area contributed by atoms with Crippen LogP contribution in [0.25, 0.3) is 10.9 Å². The number of ether oxygens (including phenoxy) is 1. The van der Waals surface area contributed by atoms with E-state index in [1.54, 1.807) is 6.20 Å². The molecule has 1 aliphatic rings. The van der Waals surface area contributed by atoms with Crippen LogP contribution in [-0.4, -0.2) is 40.0 Å². The summed E-state index contributed by atoms with van der Waals surface area (Å²) < 4.78 is 6.14. The number of benzene rings is 1. The average molecular weight is 393 g/mol. The molecule has 1 aromatic carbocycles. The molecule has 3 heterocycles. The molecular weight excluding hydrogens is 374 g/mol. The maximum Gasteiger partial charge on any atom is 0.223 e. The van der Waals surface area contributed by atoms with E-state index < -0.39 is 0 Å². The lowest BCUT2D eigenvalue weighted by Gasteiger charge is -2.16. The number of carbonyl (C=O) groups excluding carboxylic acids is 1. The van der Waals surface area contributed by atoms with Crippen molar-refractivity contribution in [3.63, 3.8) is 0 Å². The molecule has 0 saturated carbocycles. The van der Waals surface area contributed by atoms with Gasteiger partial charge in [-0.1, -0.05) is 18.2 Å². The Bertz CT molecular complexity index is 1060. The standard InChI is InChI=1S/C20H19N5O2S/c1-13(26)23-20-22-10-16(28-20)12-25-7-6-15(11-25)27-19-8-14-4-2-3-5-17(14)24-18(19)9-21/h2-5,8,10,15H,6-7,11-12H2,1H3,(H,22,23,26)/t15-/m1/s1. The average Bonchev–Trinajstić information content (AvgIpc) is 3.30. The molecule has 1 fully saturated rings. The van der Waals surface area contributed by atoms with Crippen molar-refractivity contribution < 1.29 is 9.53 Å². The number of carbonyl (C=O) groups is 1. The molecular formula is C20H19N5O2S. The van der Waals surface area contributed by atoms with E-state index in [1.165, 1.54) is 18.3 Å². The molecule has 1 N–H and O–H groups in total. The van der Waals surface area contributed by atoms with Gasteiger partial charge in [-0.25, -0.2) is 9.97 Å². The fourth-order valence-electron chi connectivity index (χ4n) is 3.29. The summed E-state index contributed by atoms with van der Waals surface area (Å²) in [5.74, 6) is 0.423. The second-order valence-electron chi connectivity index (χ2n) is 6.72. The van der Waals surface area contributed by atoms with Crippen LogP contribution in [0.5, 0.6) is 5.75 Å². The van der Waals surface area contributed by atoms with Crippen molar-refractivity contribution in [2.24, 2.45) is 0 Å². The Morgan fingerprint density at radius 2 is 2.32 bits per heavy atom. The number of nitriles is 1. The van der Waals surface area contributed by atoms with E-state index in [1.807, 2.05) is 30.3 Å². The van der Waals surface area contributed by atoms with Gasteiger partial charge in [-0.05, 0) is 18.6 Å². The number of para-hydroxylation sites is 1. The quantitative estimate of drug-likeness (QED) is 0.716. The highest BCUT2D eigenvalue weighted by Gasteiger charge is 2.25. The van der Waals surface area contributed by atoms with Crippen LogP contribution in [0, 0.1) is 11.3 Å². The maximum atomic E-state index is 11.1. The summed E-state index contributed by atoms with van der Waals surface area (Å²) in [6, 6.07) is 11.7. The number of hydrogen-bond acceptors (Lipinski definition) is 7. The van der Waals surface area contributed by atoms with Gasteiger partial charge in [0.1, 0.15) is 12.2 Å². The van der Waals surface area contributed by atoms with E-state index in [0.29, 0.717) is 16.6 Å². The van der Waals surface area contributed by atoms with Gasteiger partial charge < -0.3 is 10.1 Å². The number of amides is 1. The molecule has 3 aromatic rings. The largest absolute Gasteiger partial charge is 0.486 e. The lowest BCUT2D eigenvalue weighted by atomic mass is 10.2. The molecule has 0 unspecified atom stereocenters. The Kier molecular flexibility index (Phi) is 5.19. The zero-order valence-electron chi connectivity index (χ0n) is 15.4. The van der Waals surface area contributed by atoms with Gasteiger partial charge in [-0.15, -0.1) is 11.3 Å². The van der Waals surface area contributed by atoms with E-state index in [-0.39, 0.29) is 12.0 Å². The van der Waals surface area contributed by atoms with Crippen molar-refractivity contribution in [3.05, 3.63) is 47.1 Å². The van der Waals surface area contributed by atoms with Crippen LogP contribution in [0.15, 0.2) is 36.5 Å². The second-order valence-corrected chi connectivity index (χ2v) is 7.83. The van der Waals surface area contributed by atoms with E-state index >= 15 is 0 Å². The maximum absolute atomic E-state index is 11.1. The smallest absolute Gasteiger partial charge is 0.223 e. The fourth-order valence-corrected chi connectivity index (χ4v) is 4.19. The summed E-state index contributed by atoms with van der Waals surface area (Å²) in [4.78, 5) is 23.1. The SMILES string of the molecule is CC(=O)Nc1ncc(CN2CC[C@@H](Oc3cc4ccccc4nc3C#N)C2)s1. The fraction of sp³-hybridized carbons (Fsp3) is 0.300. The number of fused-ring (bicyclic) bond motifs is 1. The summed E-state index contributed by atoms with van der Waals surface area (Å²) in [5.41, 5.74) is 1.11. The van der Waals surface area contributed by atoms with Crippen molar-refractivity contribution in [1.29, 1.82) is 5.26 Å². The molecule has 1 saturated heterocycles. The zero-order valence-corrected chi connectivity index (χ0v) is 16.2. The van der Waals surface area contributed by atoms with Crippen molar-refractivity contribution in [2.75, 3.05) is 18.4 Å². The monoisotopic (exact) mass is 393 g/mol. The Labute approximate surface area is 166 Å². The molecule has 8 heteroatoms. The number of nitrogens with zero attached hydrogens (tertiary/aromatic N) is 4. The highest BCUT2D eigenvalue weighted by molar-refractivity contribution is 7.15. The van der Waals surface area contributed by atoms with Gasteiger partial charge in [0.2, 0.25) is 5.91 Å². The third-order valence-electron chi connectivity index (χ3n) is 4.53. The molecule has 1 atom stereocenters. The summed E-state index contributed by atoms with van der Waals surface area (Å²) >= 11 is 1.48. The van der Waals surface area contributed by atoms with Gasteiger partial charge in [-0.3, -0.25) is 9.69 Å². The Morgan fingerprint density at radius 3 is 3.14 bits per heavy atom. The summed E-state index contributed by atoms with van der Waals surface area (Å²) in [6.45, 7) is 3.91. The topological polar surface area (TPSA) is 91.1 Å². The van der Waals surface area contributed by atoms with Crippen LogP contribution in [0.4, 0.5) is 5.13 Å². The molecule has 142 valence electrons. The van der Waals surface area contributed by atoms with Gasteiger partial charge in [0.15, 0.2) is 16.6 Å². The zero-order chi connectivity index (χ0) is 19.5. The minimum Gasteiger partial charge on any atom is -0.486 e. The molecule has 0 radical (unpaired) electrons. The first-order valence-electron chi connectivity index (χ1n) is 9.02. The Balaban J connectivity index is 1.41. The van der Waals surface area contributed by atoms with Crippen LogP contribution in [0.1, 0.15) is 23.9 Å². The van der Waals surface area contributed by atoms with Crippen LogP contribution in [0.2, 0.25) is 0 Å². The van der Waals surface area contributed by atoms with Gasteiger partial charge in [-0.2, -0.15) is 5.26 Å². The molecule has 7 nitrogen and oxygen atoms in total. The molecule has 1 aliphatic heterocycles. The molecule has 2 aromatic heterocycles. The molecule has 0 spiro atoms. The van der Waals surface area contributed by atoms with Crippen LogP contribution < -0.4 is 10.1 Å². The third-order valence-corrected chi connectivity index (χ3v) is 5.43. The predicted octanol–water partition coefficient (Wildman–Crippen LogP) is 3.17. The first-order valence-corrected chi connectivity index (χ1v) is 9.83. The van der Waals surface area contributed by atoms with Crippen LogP contribution in [-0.2, 0) is 11.3 Å². The molecule has 1 amide bonds. The first kappa shape index (κ1) is 18.3. The van der Waals surface area contributed by atoms with Crippen LogP contribution in [0.3, 0.4) is 0 Å². The minimum atomic E-state index is -0.118. The Hall–Kier alpha value is -3.02. The predicted molar refractivity (Wildman–Crippen MR) is 107 cm³/mol. The van der Waals surface area contributed by atoms with Crippen molar-refractivity contribution in [2.45, 2.75) is 26.0 Å². The van der Waals surface area contributed by atoms with E-state index in [2.05, 4.69) is 26.3 Å². The Morgan fingerprint density at radius 1 is 1.46 bits per heavy atom. The number of nitrogens with one attached hydrogen (secondary N) is 1. The molecule has 28 heavy (non-hydrogen) atoms. The second kappa shape index (κ2) is 7.92. The van der Waals surface area contributed by atoms with E-state index in [4.69, 9.17) is 4.74 Å². The van der Waals surface area contributed by atoms with E-state index in [0.717, 1.165) is 41.8 Å². The lowest BCUT2D eigenvalue weighted by molar-refractivity contribution is -0.114. The van der Waals surface area contributed by atoms with Crippen molar-refractivity contribution in [1.82, 2.24) is 14.9 Å². The number of rotatable bonds is 5. The summed E-state index contributed by atoms with van der Waals surface area (Å²) in [6.07, 6.45) is 2.69. The van der Waals surface area contributed by atoms with Crippen molar-refractivity contribution >= 4 is 33.3 Å². The van der Waals surface area contributed by atoms with Gasteiger partial charge in [0.25, 0.3) is 0 Å². The van der Waals surface area contributed by atoms with E-state index in [9.17, 15) is 10.1 Å². The number of aromatic nitrogens is 2. The highest BCUT2D eigenvalue weighted by Crippen LogP contribution is 2.27. The minimum absolute atomic E-state index is 0.0119.